The Balaban J connectivity index is 0.898. The number of ketones is 1. The van der Waals surface area contributed by atoms with Gasteiger partial charge in [-0.3, -0.25) is 24.1 Å². The first-order valence-corrected chi connectivity index (χ1v) is 23.8. The van der Waals surface area contributed by atoms with E-state index in [4.69, 9.17) is 28.3 Å². The molecule has 0 aliphatic carbocycles. The van der Waals surface area contributed by atoms with E-state index < -0.39 is 23.7 Å². The Kier molecular flexibility index (Phi) is 13.6. The molecule has 67 heavy (non-hydrogen) atoms. The van der Waals surface area contributed by atoms with E-state index in [9.17, 15) is 24.3 Å². The first kappa shape index (κ1) is 47.0. The van der Waals surface area contributed by atoms with Gasteiger partial charge in [-0.15, -0.1) is 11.3 Å². The monoisotopic (exact) mass is 938 g/mol. The highest BCUT2D eigenvalue weighted by Crippen LogP contribution is 2.39. The lowest BCUT2D eigenvalue weighted by atomic mass is 9.97. The second-order valence-corrected chi connectivity index (χ2v) is 19.4. The van der Waals surface area contributed by atoms with Crippen LogP contribution in [-0.2, 0) is 27.3 Å². The van der Waals surface area contributed by atoms with Crippen molar-refractivity contribution in [2.75, 3.05) is 29.6 Å². The predicted molar refractivity (Wildman–Crippen MR) is 263 cm³/mol. The number of thiazole rings is 1. The number of rotatable bonds is 16. The quantitative estimate of drug-likeness (QED) is 0.0581. The fraction of sp³-hybridized carbons (Fsp3) is 0.365. The SMILES string of the molecule is [C-]#[N+]c1ccc(N2C(=O)C(C)(C)N(c3ccc(OCCCOc4cc(-c5scnc5C)ccc4CCC(=O)C4C[C@@H](O)CN4C(=O)[C@H](C(C)C)N4Cc5ccccc5C4=O)cc3)C2=S)cc1C. The highest BCUT2D eigenvalue weighted by Gasteiger charge is 2.50. The van der Waals surface area contributed by atoms with Crippen LogP contribution in [0.4, 0.5) is 17.1 Å². The number of carbonyl (C=O) groups excluding carboxylic acids is 4. The molecule has 3 aliphatic rings. The molecule has 1 unspecified atom stereocenters. The van der Waals surface area contributed by atoms with Crippen molar-refractivity contribution in [2.24, 2.45) is 5.92 Å². The molecule has 1 aromatic heterocycles. The number of ether oxygens (including phenoxy) is 2. The molecule has 15 heteroatoms. The highest BCUT2D eigenvalue weighted by atomic mass is 32.1. The van der Waals surface area contributed by atoms with Gasteiger partial charge in [-0.05, 0) is 123 Å². The van der Waals surface area contributed by atoms with Gasteiger partial charge in [-0.1, -0.05) is 50.2 Å². The van der Waals surface area contributed by atoms with E-state index in [1.165, 1.54) is 21.1 Å². The summed E-state index contributed by atoms with van der Waals surface area (Å²) in [7, 11) is 0. The number of hydrogen-bond acceptors (Lipinski definition) is 10. The second kappa shape index (κ2) is 19.4. The number of aliphatic hydroxyl groups is 1. The molecule has 3 amide bonds. The van der Waals surface area contributed by atoms with Gasteiger partial charge in [0.15, 0.2) is 16.6 Å². The standard InChI is InChI=1S/C52H54N6O7S2/c1-31(2)46(56-28-36-11-8-9-12-41(36)48(56)61)49(62)55-29-39(59)27-43(55)44(60)22-15-34-13-14-35(47-33(4)54-30-67-47)26-45(34)65-24-10-23-64-40-19-16-37(17-20-40)58-51(66)57(50(63)52(58,5)6)38-18-21-42(53-7)32(3)25-38/h8-9,11-14,16-21,25-26,30-31,39,43,46,59H,10,15,22-24,27-29H2,1-6H3/t39-,43?,46+/m1/s1. The zero-order chi connectivity index (χ0) is 47.7. The number of aliphatic hydroxyl groups excluding tert-OH is 1. The van der Waals surface area contributed by atoms with Crippen LogP contribution in [0.15, 0.2) is 90.4 Å². The number of aryl methyl sites for hydroxylation is 3. The molecule has 2 fully saturated rings. The van der Waals surface area contributed by atoms with E-state index in [-0.39, 0.29) is 48.8 Å². The van der Waals surface area contributed by atoms with Crippen LogP contribution in [0.1, 0.15) is 79.7 Å². The van der Waals surface area contributed by atoms with Crippen LogP contribution in [0.3, 0.4) is 0 Å². The third-order valence-corrected chi connectivity index (χ3v) is 14.2. The van der Waals surface area contributed by atoms with Gasteiger partial charge in [-0.25, -0.2) is 9.83 Å². The number of carbonyl (C=O) groups is 4. The first-order valence-electron chi connectivity index (χ1n) is 22.5. The third kappa shape index (κ3) is 9.30. The van der Waals surface area contributed by atoms with Gasteiger partial charge in [0.2, 0.25) is 5.91 Å². The van der Waals surface area contributed by atoms with Gasteiger partial charge in [-0.2, -0.15) is 0 Å². The van der Waals surface area contributed by atoms with Gasteiger partial charge < -0.3 is 29.3 Å². The van der Waals surface area contributed by atoms with Crippen molar-refractivity contribution >= 4 is 69.2 Å². The van der Waals surface area contributed by atoms with Crippen LogP contribution in [0.25, 0.3) is 15.3 Å². The van der Waals surface area contributed by atoms with E-state index in [1.807, 2.05) is 113 Å². The zero-order valence-electron chi connectivity index (χ0n) is 38.5. The molecule has 13 nitrogen and oxygen atoms in total. The van der Waals surface area contributed by atoms with Crippen LogP contribution >= 0.6 is 23.6 Å². The number of amides is 3. The van der Waals surface area contributed by atoms with Crippen molar-refractivity contribution in [3.05, 3.63) is 130 Å². The van der Waals surface area contributed by atoms with Crippen LogP contribution in [0.2, 0.25) is 0 Å². The van der Waals surface area contributed by atoms with E-state index in [2.05, 4.69) is 9.83 Å². The second-order valence-electron chi connectivity index (χ2n) is 18.2. The lowest BCUT2D eigenvalue weighted by Crippen LogP contribution is -2.54. The Morgan fingerprint density at radius 1 is 0.985 bits per heavy atom. The summed E-state index contributed by atoms with van der Waals surface area (Å²) in [5.41, 5.74) is 7.65. The van der Waals surface area contributed by atoms with Gasteiger partial charge >= 0.3 is 0 Å². The van der Waals surface area contributed by atoms with E-state index >= 15 is 0 Å². The normalized spacial score (nSPS) is 18.2. The average Bonchev–Trinajstić information content (AvgIpc) is 4.05. The third-order valence-electron chi connectivity index (χ3n) is 12.9. The largest absolute Gasteiger partial charge is 0.493 e. The molecule has 1 N–H and O–H groups in total. The Bertz CT molecular complexity index is 2780. The number of anilines is 2. The minimum atomic E-state index is -0.953. The van der Waals surface area contributed by atoms with Crippen molar-refractivity contribution in [3.8, 4) is 21.9 Å². The van der Waals surface area contributed by atoms with Crippen molar-refractivity contribution in [1.82, 2.24) is 14.8 Å². The topological polar surface area (TPSA) is 137 Å². The fourth-order valence-electron chi connectivity index (χ4n) is 9.34. The van der Waals surface area contributed by atoms with E-state index in [0.29, 0.717) is 66.1 Å². The maximum absolute atomic E-state index is 14.3. The Morgan fingerprint density at radius 3 is 2.40 bits per heavy atom. The van der Waals surface area contributed by atoms with Crippen LogP contribution in [0, 0.1) is 26.3 Å². The van der Waals surface area contributed by atoms with Gasteiger partial charge in [0.25, 0.3) is 11.8 Å². The molecule has 3 atom stereocenters. The number of β-amino-alcohol motifs (C(OH)–C–C–N with tert-alkyl or cyclic N) is 1. The Labute approximate surface area is 400 Å². The first-order chi connectivity index (χ1) is 32.1. The summed E-state index contributed by atoms with van der Waals surface area (Å²) in [4.78, 5) is 71.0. The molecule has 3 aliphatic heterocycles. The molecule has 346 valence electrons. The number of thiocarbonyl (C=S) groups is 1. The van der Waals surface area contributed by atoms with Gasteiger partial charge in [0.1, 0.15) is 23.1 Å². The lowest BCUT2D eigenvalue weighted by Gasteiger charge is -2.35. The molecule has 2 saturated heterocycles. The molecule has 8 rings (SSSR count). The van der Waals surface area contributed by atoms with Gasteiger partial charge in [0.05, 0.1) is 48.0 Å². The van der Waals surface area contributed by atoms with Gasteiger partial charge in [0, 0.05) is 49.3 Å². The van der Waals surface area contributed by atoms with Crippen LogP contribution in [-0.4, -0.2) is 92.0 Å². The molecule has 4 aromatic carbocycles. The molecule has 0 spiro atoms. The summed E-state index contributed by atoms with van der Waals surface area (Å²) in [5, 5.41) is 11.2. The Hall–Kier alpha value is -6.47. The number of likely N-dealkylation sites (tertiary alicyclic amines) is 1. The van der Waals surface area contributed by atoms with Crippen LogP contribution < -0.4 is 19.3 Å². The molecular formula is C52H54N6O7S2. The maximum atomic E-state index is 14.3. The predicted octanol–water partition coefficient (Wildman–Crippen LogP) is 8.89. The Morgan fingerprint density at radius 2 is 1.72 bits per heavy atom. The maximum Gasteiger partial charge on any atom is 0.259 e. The summed E-state index contributed by atoms with van der Waals surface area (Å²) in [6, 6.07) is 24.4. The summed E-state index contributed by atoms with van der Waals surface area (Å²) in [6.45, 7) is 19.7. The van der Waals surface area contributed by atoms with Crippen molar-refractivity contribution < 1.29 is 33.8 Å². The summed E-state index contributed by atoms with van der Waals surface area (Å²) < 4.78 is 12.5. The number of benzene rings is 4. The fourth-order valence-corrected chi connectivity index (χ4v) is 10.7. The minimum Gasteiger partial charge on any atom is -0.493 e. The number of aromatic nitrogens is 1. The summed E-state index contributed by atoms with van der Waals surface area (Å²) >= 11 is 7.41. The number of nitrogens with zero attached hydrogens (tertiary/aromatic N) is 6. The molecule has 4 heterocycles. The molecular weight excluding hydrogens is 885 g/mol. The molecule has 0 bridgehead atoms. The van der Waals surface area contributed by atoms with E-state index in [1.54, 1.807) is 28.6 Å². The lowest BCUT2D eigenvalue weighted by molar-refractivity contribution is -0.142. The number of hydrogen-bond donors (Lipinski definition) is 1. The smallest absolute Gasteiger partial charge is 0.259 e. The molecule has 0 radical (unpaired) electrons. The van der Waals surface area contributed by atoms with Crippen LogP contribution in [0.5, 0.6) is 11.5 Å². The van der Waals surface area contributed by atoms with E-state index in [0.717, 1.165) is 38.5 Å². The molecule has 5 aromatic rings. The minimum absolute atomic E-state index is 0.0306. The number of Topliss-reactive ketones (excluding diaryl/α,β-unsaturated/α-hetero) is 1. The average molecular weight is 939 g/mol. The number of fused-ring (bicyclic) bond motifs is 1. The zero-order valence-corrected chi connectivity index (χ0v) is 40.2. The van der Waals surface area contributed by atoms with Crippen molar-refractivity contribution in [2.45, 2.75) is 97.5 Å². The van der Waals surface area contributed by atoms with Crippen molar-refractivity contribution in [1.29, 1.82) is 0 Å². The molecule has 0 saturated carbocycles. The highest BCUT2D eigenvalue weighted by molar-refractivity contribution is 7.81. The van der Waals surface area contributed by atoms with Crippen molar-refractivity contribution in [3.63, 3.8) is 0 Å². The summed E-state index contributed by atoms with van der Waals surface area (Å²) in [6.07, 6.45) is 0.326. The summed E-state index contributed by atoms with van der Waals surface area (Å²) in [5.74, 6) is 0.220.